The Kier molecular flexibility index (Phi) is 5.14. The van der Waals surface area contributed by atoms with E-state index in [0.29, 0.717) is 5.56 Å². The van der Waals surface area contributed by atoms with E-state index in [1.54, 1.807) is 0 Å². The van der Waals surface area contributed by atoms with Gasteiger partial charge in [-0.05, 0) is 18.1 Å². The Morgan fingerprint density at radius 2 is 1.92 bits per heavy atom. The van der Waals surface area contributed by atoms with Gasteiger partial charge in [-0.1, -0.05) is 36.4 Å². The van der Waals surface area contributed by atoms with Gasteiger partial charge in [-0.3, -0.25) is 10.1 Å². The molecule has 24 heavy (non-hydrogen) atoms. The molecule has 126 valence electrons. The largest absolute Gasteiger partial charge is 0.369 e. The van der Waals surface area contributed by atoms with Crippen LogP contribution in [-0.2, 0) is 16.6 Å². The maximum absolute atomic E-state index is 12.4. The van der Waals surface area contributed by atoms with Gasteiger partial charge in [0.2, 0.25) is 5.96 Å². The number of benzene rings is 2. The summed E-state index contributed by atoms with van der Waals surface area (Å²) in [6.07, 6.45) is 0. The highest BCUT2D eigenvalue weighted by atomic mass is 32.2. The highest BCUT2D eigenvalue weighted by Crippen LogP contribution is 2.21. The SMILES string of the molecule is Cc1ccc([N+](=O)[O-])cc1S(=O)(=O)NC(N)=NCc1ccccc1. The van der Waals surface area contributed by atoms with Crippen molar-refractivity contribution in [1.82, 2.24) is 4.72 Å². The minimum Gasteiger partial charge on any atom is -0.369 e. The lowest BCUT2D eigenvalue weighted by atomic mass is 10.2. The van der Waals surface area contributed by atoms with Crippen LogP contribution in [0.1, 0.15) is 11.1 Å². The second kappa shape index (κ2) is 7.09. The van der Waals surface area contributed by atoms with E-state index in [0.717, 1.165) is 11.6 Å². The van der Waals surface area contributed by atoms with Gasteiger partial charge in [0, 0.05) is 12.1 Å². The smallest absolute Gasteiger partial charge is 0.270 e. The zero-order valence-electron chi connectivity index (χ0n) is 12.8. The molecule has 2 aromatic rings. The Morgan fingerprint density at radius 1 is 1.25 bits per heavy atom. The summed E-state index contributed by atoms with van der Waals surface area (Å²) in [5.74, 6) is -0.287. The van der Waals surface area contributed by atoms with Crippen LogP contribution in [0.25, 0.3) is 0 Å². The van der Waals surface area contributed by atoms with Crippen molar-refractivity contribution < 1.29 is 13.3 Å². The van der Waals surface area contributed by atoms with E-state index in [2.05, 4.69) is 9.71 Å². The Bertz CT molecular complexity index is 880. The quantitative estimate of drug-likeness (QED) is 0.368. The van der Waals surface area contributed by atoms with Crippen molar-refractivity contribution in [2.24, 2.45) is 10.7 Å². The number of aryl methyl sites for hydroxylation is 1. The van der Waals surface area contributed by atoms with Crippen LogP contribution in [0.5, 0.6) is 0 Å². The van der Waals surface area contributed by atoms with Gasteiger partial charge in [0.15, 0.2) is 0 Å². The molecule has 8 nitrogen and oxygen atoms in total. The maximum atomic E-state index is 12.4. The molecule has 0 bridgehead atoms. The number of sulfonamides is 1. The van der Waals surface area contributed by atoms with E-state index in [1.165, 1.54) is 19.1 Å². The normalized spacial score (nSPS) is 12.0. The second-order valence-electron chi connectivity index (χ2n) is 5.00. The van der Waals surface area contributed by atoms with Crippen molar-refractivity contribution >= 4 is 21.7 Å². The van der Waals surface area contributed by atoms with Crippen molar-refractivity contribution in [3.8, 4) is 0 Å². The Labute approximate surface area is 139 Å². The third-order valence-electron chi connectivity index (χ3n) is 3.19. The zero-order valence-corrected chi connectivity index (χ0v) is 13.7. The number of nitrogens with two attached hydrogens (primary N) is 1. The summed E-state index contributed by atoms with van der Waals surface area (Å²) in [5.41, 5.74) is 6.53. The van der Waals surface area contributed by atoms with E-state index in [9.17, 15) is 18.5 Å². The van der Waals surface area contributed by atoms with Crippen LogP contribution in [0.15, 0.2) is 58.4 Å². The first kappa shape index (κ1) is 17.4. The van der Waals surface area contributed by atoms with Crippen LogP contribution in [0.3, 0.4) is 0 Å². The van der Waals surface area contributed by atoms with Gasteiger partial charge < -0.3 is 5.73 Å². The first-order valence-electron chi connectivity index (χ1n) is 6.91. The summed E-state index contributed by atoms with van der Waals surface area (Å²) in [6.45, 7) is 1.75. The van der Waals surface area contributed by atoms with Gasteiger partial charge in [-0.2, -0.15) is 0 Å². The fourth-order valence-corrected chi connectivity index (χ4v) is 3.19. The molecule has 0 spiro atoms. The average molecular weight is 348 g/mol. The first-order valence-corrected chi connectivity index (χ1v) is 8.39. The van der Waals surface area contributed by atoms with Crippen LogP contribution in [0.2, 0.25) is 0 Å². The summed E-state index contributed by atoms with van der Waals surface area (Å²) in [4.78, 5) is 13.9. The highest BCUT2D eigenvalue weighted by Gasteiger charge is 2.21. The average Bonchev–Trinajstić information content (AvgIpc) is 2.53. The van der Waals surface area contributed by atoms with Crippen LogP contribution < -0.4 is 10.5 Å². The number of nitrogens with zero attached hydrogens (tertiary/aromatic N) is 2. The van der Waals surface area contributed by atoms with Gasteiger partial charge in [-0.25, -0.2) is 18.1 Å². The zero-order chi connectivity index (χ0) is 17.7. The molecular weight excluding hydrogens is 332 g/mol. The lowest BCUT2D eigenvalue weighted by Gasteiger charge is -2.09. The lowest BCUT2D eigenvalue weighted by Crippen LogP contribution is -2.37. The molecule has 0 saturated heterocycles. The molecule has 9 heteroatoms. The second-order valence-corrected chi connectivity index (χ2v) is 6.65. The number of guanidine groups is 1. The van der Waals surface area contributed by atoms with Gasteiger partial charge in [0.05, 0.1) is 16.4 Å². The summed E-state index contributed by atoms with van der Waals surface area (Å²) >= 11 is 0. The summed E-state index contributed by atoms with van der Waals surface area (Å²) in [7, 11) is -4.06. The number of nitrogens with one attached hydrogen (secondary N) is 1. The van der Waals surface area contributed by atoms with Crippen molar-refractivity contribution in [1.29, 1.82) is 0 Å². The number of hydrogen-bond acceptors (Lipinski definition) is 5. The molecule has 0 radical (unpaired) electrons. The van der Waals surface area contributed by atoms with Gasteiger partial charge in [0.1, 0.15) is 0 Å². The van der Waals surface area contributed by atoms with Crippen LogP contribution in [0, 0.1) is 17.0 Å². The first-order chi connectivity index (χ1) is 11.3. The minimum absolute atomic E-state index is 0.211. The van der Waals surface area contributed by atoms with E-state index in [1.807, 2.05) is 30.3 Å². The van der Waals surface area contributed by atoms with E-state index in [-0.39, 0.29) is 23.1 Å². The number of hydrogen-bond donors (Lipinski definition) is 2. The van der Waals surface area contributed by atoms with E-state index in [4.69, 9.17) is 5.73 Å². The van der Waals surface area contributed by atoms with E-state index >= 15 is 0 Å². The summed E-state index contributed by atoms with van der Waals surface area (Å²) in [5, 5.41) is 10.8. The van der Waals surface area contributed by atoms with Crippen LogP contribution in [-0.4, -0.2) is 19.3 Å². The van der Waals surface area contributed by atoms with Crippen molar-refractivity contribution in [2.75, 3.05) is 0 Å². The molecule has 0 amide bonds. The predicted molar refractivity (Wildman–Crippen MR) is 89.9 cm³/mol. The van der Waals surface area contributed by atoms with Gasteiger partial charge in [-0.15, -0.1) is 0 Å². The topological polar surface area (TPSA) is 128 Å². The van der Waals surface area contributed by atoms with Crippen molar-refractivity contribution in [3.05, 3.63) is 69.8 Å². The molecule has 2 aromatic carbocycles. The number of non-ortho nitro benzene ring substituents is 1. The highest BCUT2D eigenvalue weighted by molar-refractivity contribution is 7.90. The molecule has 0 aliphatic heterocycles. The summed E-state index contributed by atoms with van der Waals surface area (Å²) in [6, 6.07) is 12.8. The lowest BCUT2D eigenvalue weighted by molar-refractivity contribution is -0.385. The number of nitro groups is 1. The van der Waals surface area contributed by atoms with E-state index < -0.39 is 14.9 Å². The molecule has 0 aliphatic carbocycles. The molecule has 0 aliphatic rings. The molecule has 0 aromatic heterocycles. The van der Waals surface area contributed by atoms with Crippen molar-refractivity contribution in [2.45, 2.75) is 18.4 Å². The third-order valence-corrected chi connectivity index (χ3v) is 4.68. The molecule has 2 rings (SSSR count). The number of aliphatic imine (C=N–C) groups is 1. The van der Waals surface area contributed by atoms with Crippen LogP contribution in [0.4, 0.5) is 5.69 Å². The Morgan fingerprint density at radius 3 is 2.54 bits per heavy atom. The Balaban J connectivity index is 2.21. The predicted octanol–water partition coefficient (Wildman–Crippen LogP) is 1.70. The van der Waals surface area contributed by atoms with Gasteiger partial charge in [0.25, 0.3) is 15.7 Å². The number of rotatable bonds is 5. The van der Waals surface area contributed by atoms with Crippen LogP contribution >= 0.6 is 0 Å². The Hall–Kier alpha value is -2.94. The summed E-state index contributed by atoms with van der Waals surface area (Å²) < 4.78 is 26.8. The molecule has 0 heterocycles. The third kappa shape index (κ3) is 4.29. The molecule has 0 saturated carbocycles. The van der Waals surface area contributed by atoms with Crippen molar-refractivity contribution in [3.63, 3.8) is 0 Å². The monoisotopic (exact) mass is 348 g/mol. The fraction of sp³-hybridized carbons (Fsp3) is 0.133. The maximum Gasteiger partial charge on any atom is 0.270 e. The van der Waals surface area contributed by atoms with Gasteiger partial charge >= 0.3 is 0 Å². The standard InChI is InChI=1S/C15H16N4O4S/c1-11-7-8-13(19(20)21)9-14(11)24(22,23)18-15(16)17-10-12-5-3-2-4-6-12/h2-9H,10H2,1H3,(H3,16,17,18). The minimum atomic E-state index is -4.06. The molecular formula is C15H16N4O4S. The number of nitro benzene ring substituents is 1. The molecule has 0 fully saturated rings. The fourth-order valence-electron chi connectivity index (χ4n) is 1.98. The molecule has 0 atom stereocenters. The molecule has 3 N–H and O–H groups in total. The molecule has 0 unspecified atom stereocenters.